The fraction of sp³-hybridized carbons (Fsp3) is 0.143. The lowest BCUT2D eigenvalue weighted by Crippen LogP contribution is -2.31. The zero-order valence-electron chi connectivity index (χ0n) is 20.2. The Hall–Kier alpha value is -4.44. The van der Waals surface area contributed by atoms with Gasteiger partial charge in [-0.15, -0.1) is 0 Å². The third kappa shape index (κ3) is 4.54. The smallest absolute Gasteiger partial charge is 0.295 e. The highest BCUT2D eigenvalue weighted by Crippen LogP contribution is 2.40. The van der Waals surface area contributed by atoms with Crippen molar-refractivity contribution in [3.8, 4) is 5.75 Å². The number of H-pyrrole nitrogens is 1. The fourth-order valence-electron chi connectivity index (χ4n) is 4.76. The van der Waals surface area contributed by atoms with Crippen LogP contribution in [0.25, 0.3) is 16.7 Å². The van der Waals surface area contributed by atoms with Crippen LogP contribution in [0.4, 0.5) is 5.69 Å². The predicted molar refractivity (Wildman–Crippen MR) is 145 cm³/mol. The number of likely N-dealkylation sites (tertiary alicyclic amines) is 1. The summed E-state index contributed by atoms with van der Waals surface area (Å²) in [5.41, 5.74) is 2.50. The molecule has 2 N–H and O–H groups in total. The number of aromatic amines is 1. The second kappa shape index (κ2) is 10.1. The Balaban J connectivity index is 1.55. The molecule has 0 unspecified atom stereocenters. The molecule has 0 aliphatic carbocycles. The molecule has 1 amide bonds. The summed E-state index contributed by atoms with van der Waals surface area (Å²) in [4.78, 5) is 41.7. The summed E-state index contributed by atoms with van der Waals surface area (Å²) >= 11 is 3.45. The Morgan fingerprint density at radius 2 is 1.89 bits per heavy atom. The molecule has 1 saturated heterocycles. The van der Waals surface area contributed by atoms with Gasteiger partial charge in [-0.1, -0.05) is 28.1 Å². The van der Waals surface area contributed by atoms with E-state index in [2.05, 4.69) is 20.9 Å². The first-order valence-electron chi connectivity index (χ1n) is 11.7. The van der Waals surface area contributed by atoms with Crippen LogP contribution in [0.15, 0.2) is 83.0 Å². The summed E-state index contributed by atoms with van der Waals surface area (Å²) in [7, 11) is 1.59. The second-order valence-electron chi connectivity index (χ2n) is 8.83. The molecule has 0 saturated carbocycles. The van der Waals surface area contributed by atoms with Gasteiger partial charge in [-0.3, -0.25) is 19.7 Å². The Morgan fingerprint density at radius 1 is 1.13 bits per heavy atom. The molecule has 1 atom stereocenters. The van der Waals surface area contributed by atoms with E-state index in [9.17, 15) is 24.8 Å². The van der Waals surface area contributed by atoms with Gasteiger partial charge >= 0.3 is 0 Å². The molecular formula is C28H22BrN3O6. The van der Waals surface area contributed by atoms with Gasteiger partial charge in [0.1, 0.15) is 11.5 Å². The normalized spacial score (nSPS) is 16.8. The van der Waals surface area contributed by atoms with Gasteiger partial charge in [0.25, 0.3) is 17.4 Å². The summed E-state index contributed by atoms with van der Waals surface area (Å²) in [5, 5.41) is 23.2. The number of aliphatic hydroxyl groups excluding tert-OH is 1. The van der Waals surface area contributed by atoms with Crippen LogP contribution < -0.4 is 4.74 Å². The van der Waals surface area contributed by atoms with Crippen molar-refractivity contribution in [2.24, 2.45) is 0 Å². The molecule has 4 aromatic rings. The molecule has 1 fully saturated rings. The summed E-state index contributed by atoms with van der Waals surface area (Å²) < 4.78 is 6.10. The van der Waals surface area contributed by atoms with Crippen molar-refractivity contribution >= 4 is 50.0 Å². The third-order valence-corrected chi connectivity index (χ3v) is 7.15. The number of rotatable bonds is 7. The minimum absolute atomic E-state index is 0.0671. The number of nitro groups is 1. The van der Waals surface area contributed by atoms with Crippen molar-refractivity contribution in [1.82, 2.24) is 9.88 Å². The molecule has 10 heteroatoms. The van der Waals surface area contributed by atoms with Crippen LogP contribution in [0.5, 0.6) is 5.75 Å². The minimum Gasteiger partial charge on any atom is -0.507 e. The number of ketones is 1. The number of methoxy groups -OCH3 is 1. The number of amides is 1. The van der Waals surface area contributed by atoms with Crippen LogP contribution in [0.3, 0.4) is 0 Å². The standard InChI is InChI=1S/C28H22BrN3O6/c1-38-21-9-10-23-22(14-21)18(15-30-23)11-12-31-25(17-3-2-4-19(29)13-17)24(27(34)28(31)35)26(33)16-5-7-20(8-6-16)32(36)37/h2-10,13-15,25,30,33H,11-12H2,1H3/t25-/m0/s1. The van der Waals surface area contributed by atoms with Gasteiger partial charge in [0.15, 0.2) is 0 Å². The number of non-ortho nitro benzene ring substituents is 1. The Kier molecular flexibility index (Phi) is 6.73. The van der Waals surface area contributed by atoms with Crippen molar-refractivity contribution in [3.05, 3.63) is 110 Å². The molecular weight excluding hydrogens is 554 g/mol. The summed E-state index contributed by atoms with van der Waals surface area (Å²) in [6, 6.07) is 17.2. The lowest BCUT2D eigenvalue weighted by Gasteiger charge is -2.25. The van der Waals surface area contributed by atoms with Gasteiger partial charge in [0, 0.05) is 45.8 Å². The highest BCUT2D eigenvalue weighted by atomic mass is 79.9. The molecule has 9 nitrogen and oxygen atoms in total. The van der Waals surface area contributed by atoms with E-state index >= 15 is 0 Å². The molecule has 0 radical (unpaired) electrons. The van der Waals surface area contributed by atoms with Gasteiger partial charge in [0.05, 0.1) is 23.6 Å². The van der Waals surface area contributed by atoms with Gasteiger partial charge in [-0.05, 0) is 60.0 Å². The van der Waals surface area contributed by atoms with E-state index in [1.54, 1.807) is 25.3 Å². The molecule has 1 aromatic heterocycles. The number of carbonyl (C=O) groups is 2. The number of hydrogen-bond donors (Lipinski definition) is 2. The number of Topliss-reactive ketones (excluding diaryl/α,β-unsaturated/α-hetero) is 1. The molecule has 1 aliphatic rings. The molecule has 3 aromatic carbocycles. The molecule has 1 aliphatic heterocycles. The van der Waals surface area contributed by atoms with Crippen molar-refractivity contribution < 1.29 is 24.4 Å². The van der Waals surface area contributed by atoms with Crippen molar-refractivity contribution in [3.63, 3.8) is 0 Å². The molecule has 2 heterocycles. The minimum atomic E-state index is -0.845. The summed E-state index contributed by atoms with van der Waals surface area (Å²) in [5.74, 6) is -1.22. The fourth-order valence-corrected chi connectivity index (χ4v) is 5.18. The number of aromatic nitrogens is 1. The first kappa shape index (κ1) is 25.2. The molecule has 0 spiro atoms. The first-order valence-corrected chi connectivity index (χ1v) is 12.5. The van der Waals surface area contributed by atoms with E-state index in [0.29, 0.717) is 17.7 Å². The van der Waals surface area contributed by atoms with E-state index in [4.69, 9.17) is 4.74 Å². The Morgan fingerprint density at radius 3 is 2.58 bits per heavy atom. The molecule has 5 rings (SSSR count). The van der Waals surface area contributed by atoms with Crippen molar-refractivity contribution in [2.45, 2.75) is 12.5 Å². The van der Waals surface area contributed by atoms with Crippen LogP contribution in [0.1, 0.15) is 22.7 Å². The van der Waals surface area contributed by atoms with Crippen LogP contribution in [-0.2, 0) is 16.0 Å². The van der Waals surface area contributed by atoms with Gasteiger partial charge in [0.2, 0.25) is 0 Å². The van der Waals surface area contributed by atoms with E-state index in [1.165, 1.54) is 29.2 Å². The number of nitrogens with zero attached hydrogens (tertiary/aromatic N) is 2. The highest BCUT2D eigenvalue weighted by Gasteiger charge is 2.46. The largest absolute Gasteiger partial charge is 0.507 e. The predicted octanol–water partition coefficient (Wildman–Crippen LogP) is 5.51. The third-order valence-electron chi connectivity index (χ3n) is 6.65. The number of carbonyl (C=O) groups excluding carboxylic acids is 2. The first-order chi connectivity index (χ1) is 18.3. The van der Waals surface area contributed by atoms with Crippen molar-refractivity contribution in [1.29, 1.82) is 0 Å². The van der Waals surface area contributed by atoms with E-state index in [1.807, 2.05) is 30.5 Å². The van der Waals surface area contributed by atoms with Crippen LogP contribution in [0.2, 0.25) is 0 Å². The summed E-state index contributed by atoms with van der Waals surface area (Å²) in [6.07, 6.45) is 2.31. The van der Waals surface area contributed by atoms with Gasteiger partial charge < -0.3 is 19.7 Å². The lowest BCUT2D eigenvalue weighted by atomic mass is 9.95. The van der Waals surface area contributed by atoms with Crippen LogP contribution in [0, 0.1) is 10.1 Å². The monoisotopic (exact) mass is 575 g/mol. The van der Waals surface area contributed by atoms with Crippen molar-refractivity contribution in [2.75, 3.05) is 13.7 Å². The number of nitrogens with one attached hydrogen (secondary N) is 1. The maximum atomic E-state index is 13.3. The Labute approximate surface area is 225 Å². The zero-order chi connectivity index (χ0) is 27.0. The van der Waals surface area contributed by atoms with E-state index in [-0.39, 0.29) is 29.1 Å². The number of nitro benzene ring substituents is 1. The highest BCUT2D eigenvalue weighted by molar-refractivity contribution is 9.10. The summed E-state index contributed by atoms with van der Waals surface area (Å²) in [6.45, 7) is 0.211. The number of halogens is 1. The van der Waals surface area contributed by atoms with Gasteiger partial charge in [-0.25, -0.2) is 0 Å². The maximum absolute atomic E-state index is 13.3. The van der Waals surface area contributed by atoms with Gasteiger partial charge in [-0.2, -0.15) is 0 Å². The Bertz CT molecular complexity index is 1610. The molecule has 192 valence electrons. The van der Waals surface area contributed by atoms with E-state index in [0.717, 1.165) is 20.9 Å². The van der Waals surface area contributed by atoms with Crippen LogP contribution >= 0.6 is 15.9 Å². The quantitative estimate of drug-likeness (QED) is 0.0983. The van der Waals surface area contributed by atoms with Crippen LogP contribution in [-0.4, -0.2) is 45.3 Å². The SMILES string of the molecule is COc1ccc2[nH]cc(CCN3C(=O)C(=O)C(=C(O)c4ccc([N+](=O)[O-])cc4)[C@@H]3c3cccc(Br)c3)c2c1. The number of fused-ring (bicyclic) bond motifs is 1. The maximum Gasteiger partial charge on any atom is 0.295 e. The number of aliphatic hydroxyl groups is 1. The lowest BCUT2D eigenvalue weighted by molar-refractivity contribution is -0.384. The average molecular weight is 576 g/mol. The molecule has 0 bridgehead atoms. The zero-order valence-corrected chi connectivity index (χ0v) is 21.8. The number of benzene rings is 3. The average Bonchev–Trinajstić information content (AvgIpc) is 3.44. The topological polar surface area (TPSA) is 126 Å². The number of hydrogen-bond acceptors (Lipinski definition) is 6. The van der Waals surface area contributed by atoms with E-state index < -0.39 is 22.7 Å². The second-order valence-corrected chi connectivity index (χ2v) is 9.74. The molecule has 38 heavy (non-hydrogen) atoms. The number of ether oxygens (including phenoxy) is 1.